The zero-order valence-electron chi connectivity index (χ0n) is 20.3. The monoisotopic (exact) mass is 514 g/mol. The van der Waals surface area contributed by atoms with Gasteiger partial charge in [-0.15, -0.1) is 0 Å². The highest BCUT2D eigenvalue weighted by molar-refractivity contribution is 7.80. The first kappa shape index (κ1) is 27.2. The van der Waals surface area contributed by atoms with Crippen molar-refractivity contribution in [2.45, 2.75) is 25.7 Å². The van der Waals surface area contributed by atoms with Gasteiger partial charge in [0, 0.05) is 51.0 Å². The van der Waals surface area contributed by atoms with Crippen molar-refractivity contribution in [1.82, 2.24) is 24.7 Å². The van der Waals surface area contributed by atoms with Gasteiger partial charge in [0.2, 0.25) is 0 Å². The third kappa shape index (κ3) is 7.80. The van der Waals surface area contributed by atoms with Crippen LogP contribution in [0, 0.1) is 11.3 Å². The molecule has 0 aliphatic heterocycles. The molecule has 10 heteroatoms. The van der Waals surface area contributed by atoms with E-state index in [1.807, 2.05) is 35.7 Å². The minimum absolute atomic E-state index is 0.0350. The van der Waals surface area contributed by atoms with E-state index in [0.29, 0.717) is 36.7 Å². The number of nitriles is 1. The molecule has 1 N–H and O–H groups in total. The minimum Gasteiger partial charge on any atom is -0.361 e. The summed E-state index contributed by atoms with van der Waals surface area (Å²) < 4.78 is 42.8. The van der Waals surface area contributed by atoms with Crippen LogP contribution in [0.4, 0.5) is 13.2 Å². The maximum absolute atomic E-state index is 13.6. The molecule has 0 fully saturated rings. The second-order valence-corrected chi connectivity index (χ2v) is 9.07. The Bertz CT molecular complexity index is 1180. The highest BCUT2D eigenvalue weighted by Gasteiger charge is 2.33. The van der Waals surface area contributed by atoms with Crippen LogP contribution in [0.15, 0.2) is 61.1 Å². The molecule has 0 amide bonds. The van der Waals surface area contributed by atoms with Gasteiger partial charge < -0.3 is 19.7 Å². The van der Waals surface area contributed by atoms with Gasteiger partial charge >= 0.3 is 6.18 Å². The van der Waals surface area contributed by atoms with Gasteiger partial charge in [0.15, 0.2) is 5.11 Å². The Balaban J connectivity index is 1.75. The fraction of sp³-hybridized carbons (Fsp3) is 0.346. The summed E-state index contributed by atoms with van der Waals surface area (Å²) in [5.41, 5.74) is 2.06. The second kappa shape index (κ2) is 12.5. The van der Waals surface area contributed by atoms with Crippen molar-refractivity contribution < 1.29 is 13.2 Å². The van der Waals surface area contributed by atoms with Crippen LogP contribution in [0.2, 0.25) is 0 Å². The molecular formula is C26H29F3N6S. The van der Waals surface area contributed by atoms with Gasteiger partial charge in [-0.2, -0.15) is 18.4 Å². The predicted octanol–water partition coefficient (Wildman–Crippen LogP) is 4.30. The van der Waals surface area contributed by atoms with Crippen molar-refractivity contribution in [3.05, 3.63) is 89.0 Å². The molecule has 0 saturated heterocycles. The molecule has 0 spiro atoms. The number of halogens is 3. The zero-order chi connectivity index (χ0) is 26.1. The molecular weight excluding hydrogens is 485 g/mol. The molecule has 0 unspecified atom stereocenters. The van der Waals surface area contributed by atoms with E-state index in [9.17, 15) is 13.2 Å². The first-order valence-electron chi connectivity index (χ1n) is 11.5. The molecule has 1 aromatic heterocycles. The average Bonchev–Trinajstić information content (AvgIpc) is 3.28. The number of benzene rings is 2. The van der Waals surface area contributed by atoms with Crippen LogP contribution in [0.1, 0.15) is 27.9 Å². The molecule has 36 heavy (non-hydrogen) atoms. The summed E-state index contributed by atoms with van der Waals surface area (Å²) >= 11 is 5.59. The third-order valence-corrected chi connectivity index (χ3v) is 6.08. The summed E-state index contributed by atoms with van der Waals surface area (Å²) in [5.74, 6) is 0. The van der Waals surface area contributed by atoms with E-state index in [4.69, 9.17) is 17.5 Å². The van der Waals surface area contributed by atoms with Crippen molar-refractivity contribution in [1.29, 1.82) is 5.26 Å². The van der Waals surface area contributed by atoms with E-state index in [-0.39, 0.29) is 12.1 Å². The van der Waals surface area contributed by atoms with Crippen LogP contribution >= 0.6 is 12.2 Å². The van der Waals surface area contributed by atoms with Gasteiger partial charge in [0.05, 0.1) is 23.5 Å². The maximum Gasteiger partial charge on any atom is 0.416 e. The summed E-state index contributed by atoms with van der Waals surface area (Å²) in [6.45, 7) is 2.35. The number of imidazole rings is 1. The van der Waals surface area contributed by atoms with Crippen molar-refractivity contribution in [2.24, 2.45) is 0 Å². The molecule has 1 heterocycles. The Morgan fingerprint density at radius 1 is 1.11 bits per heavy atom. The smallest absolute Gasteiger partial charge is 0.361 e. The Labute approximate surface area is 215 Å². The number of alkyl halides is 3. The first-order chi connectivity index (χ1) is 17.2. The van der Waals surface area contributed by atoms with Gasteiger partial charge in [-0.3, -0.25) is 0 Å². The van der Waals surface area contributed by atoms with Gasteiger partial charge in [-0.25, -0.2) is 4.98 Å². The van der Waals surface area contributed by atoms with Gasteiger partial charge in [0.25, 0.3) is 0 Å². The van der Waals surface area contributed by atoms with Crippen molar-refractivity contribution >= 4 is 17.3 Å². The summed E-state index contributed by atoms with van der Waals surface area (Å²) in [5, 5.41) is 12.6. The SMILES string of the molecule is CN(C)CCNC(=S)N(CCc1cncn1Cc1ccc(C#N)cc1)Cc1ccccc1C(F)(F)F. The summed E-state index contributed by atoms with van der Waals surface area (Å²) in [4.78, 5) is 8.04. The quantitative estimate of drug-likeness (QED) is 0.407. The number of nitrogens with zero attached hydrogens (tertiary/aromatic N) is 5. The van der Waals surface area contributed by atoms with E-state index >= 15 is 0 Å². The fourth-order valence-corrected chi connectivity index (χ4v) is 3.98. The maximum atomic E-state index is 13.6. The fourth-order valence-electron chi connectivity index (χ4n) is 3.72. The third-order valence-electron chi connectivity index (χ3n) is 5.68. The molecule has 2 aromatic carbocycles. The highest BCUT2D eigenvalue weighted by Crippen LogP contribution is 2.32. The molecule has 0 aliphatic rings. The van der Waals surface area contributed by atoms with Crippen LogP contribution in [0.3, 0.4) is 0 Å². The number of hydrogen-bond donors (Lipinski definition) is 1. The standard InChI is InChI=1S/C26H29F3N6S/c1-33(2)14-12-32-25(36)34(18-22-5-3-4-6-24(22)26(27,28)29)13-11-23-16-31-19-35(23)17-21-9-7-20(15-30)8-10-21/h3-10,16,19H,11-14,17-18H2,1-2H3,(H,32,36). The van der Waals surface area contributed by atoms with Gasteiger partial charge in [-0.05, 0) is 55.6 Å². The molecule has 0 atom stereocenters. The molecule has 3 aromatic rings. The average molecular weight is 515 g/mol. The summed E-state index contributed by atoms with van der Waals surface area (Å²) in [6, 6.07) is 15.0. The highest BCUT2D eigenvalue weighted by atomic mass is 32.1. The first-order valence-corrected chi connectivity index (χ1v) is 11.9. The number of nitrogens with one attached hydrogen (secondary N) is 1. The van der Waals surface area contributed by atoms with E-state index in [1.54, 1.807) is 35.6 Å². The zero-order valence-corrected chi connectivity index (χ0v) is 21.1. The van der Waals surface area contributed by atoms with E-state index in [0.717, 1.165) is 23.9 Å². The molecule has 0 aliphatic carbocycles. The lowest BCUT2D eigenvalue weighted by molar-refractivity contribution is -0.138. The largest absolute Gasteiger partial charge is 0.416 e. The molecule has 0 radical (unpaired) electrons. The van der Waals surface area contributed by atoms with Crippen LogP contribution in [0.5, 0.6) is 0 Å². The normalized spacial score (nSPS) is 11.4. The molecule has 3 rings (SSSR count). The van der Waals surface area contributed by atoms with Crippen LogP contribution in [0.25, 0.3) is 0 Å². The van der Waals surface area contributed by atoms with E-state index in [2.05, 4.69) is 16.4 Å². The van der Waals surface area contributed by atoms with Gasteiger partial charge in [0.1, 0.15) is 0 Å². The molecule has 0 saturated carbocycles. The Hall–Kier alpha value is -3.42. The Morgan fingerprint density at radius 3 is 2.50 bits per heavy atom. The lowest BCUT2D eigenvalue weighted by Crippen LogP contribution is -2.43. The molecule has 190 valence electrons. The summed E-state index contributed by atoms with van der Waals surface area (Å²) in [7, 11) is 3.88. The minimum atomic E-state index is -4.44. The lowest BCUT2D eigenvalue weighted by Gasteiger charge is -2.28. The van der Waals surface area contributed by atoms with Crippen molar-refractivity contribution in [3.8, 4) is 6.07 Å². The summed E-state index contributed by atoms with van der Waals surface area (Å²) in [6.07, 6.45) is -0.416. The number of thiocarbonyl (C=S) groups is 1. The van der Waals surface area contributed by atoms with Gasteiger partial charge in [-0.1, -0.05) is 30.3 Å². The number of likely N-dealkylation sites (N-methyl/N-ethyl adjacent to an activating group) is 1. The topological polar surface area (TPSA) is 60.1 Å². The van der Waals surface area contributed by atoms with Crippen LogP contribution < -0.4 is 5.32 Å². The van der Waals surface area contributed by atoms with Crippen molar-refractivity contribution in [2.75, 3.05) is 33.7 Å². The number of rotatable bonds is 10. The van der Waals surface area contributed by atoms with E-state index < -0.39 is 11.7 Å². The number of hydrogen-bond acceptors (Lipinski definition) is 4. The predicted molar refractivity (Wildman–Crippen MR) is 137 cm³/mol. The number of aromatic nitrogens is 2. The van der Waals surface area contributed by atoms with E-state index in [1.165, 1.54) is 12.1 Å². The van der Waals surface area contributed by atoms with Crippen LogP contribution in [-0.4, -0.2) is 58.2 Å². The molecule has 6 nitrogen and oxygen atoms in total. The Kier molecular flexibility index (Phi) is 9.44. The lowest BCUT2D eigenvalue weighted by atomic mass is 10.1. The van der Waals surface area contributed by atoms with Crippen molar-refractivity contribution in [3.63, 3.8) is 0 Å². The Morgan fingerprint density at radius 2 is 1.83 bits per heavy atom. The second-order valence-electron chi connectivity index (χ2n) is 8.68. The molecule has 0 bridgehead atoms. The van der Waals surface area contributed by atoms with Crippen LogP contribution in [-0.2, 0) is 25.7 Å².